The zero-order valence-corrected chi connectivity index (χ0v) is 32.0. The van der Waals surface area contributed by atoms with Crippen molar-refractivity contribution in [1.82, 2.24) is 15.0 Å². The van der Waals surface area contributed by atoms with Crippen molar-refractivity contribution < 1.29 is 5.48 Å². The van der Waals surface area contributed by atoms with Gasteiger partial charge in [0.25, 0.3) is 0 Å². The number of nitrogens with zero attached hydrogens (tertiary/aromatic N) is 3. The van der Waals surface area contributed by atoms with Gasteiger partial charge in [0.2, 0.25) is 0 Å². The smallest absolute Gasteiger partial charge is 0.0780 e. The van der Waals surface area contributed by atoms with Gasteiger partial charge in [0.15, 0.2) is 0 Å². The Balaban J connectivity index is 0.992. The van der Waals surface area contributed by atoms with Crippen LogP contribution in [0, 0.1) is 22.2 Å². The van der Waals surface area contributed by atoms with Crippen molar-refractivity contribution in [1.29, 1.82) is 0 Å². The van der Waals surface area contributed by atoms with Crippen LogP contribution in [0.1, 0.15) is 79.9 Å². The highest BCUT2D eigenvalue weighted by atomic mass is 14.7. The Bertz CT molecular complexity index is 2620. The lowest BCUT2D eigenvalue weighted by molar-refractivity contribution is -0.166. The molecular weight excluding hydrogens is 679 g/mol. The molecule has 0 spiro atoms. The summed E-state index contributed by atoms with van der Waals surface area (Å²) in [6, 6.07) is 47.3. The fraction of sp³-hybridized carbons (Fsp3) is 0.302. The van der Waals surface area contributed by atoms with E-state index in [9.17, 15) is 5.48 Å². The lowest BCUT2D eigenvalue weighted by atomic mass is 9.37. The monoisotopic (exact) mass is 733 g/mol. The van der Waals surface area contributed by atoms with Crippen LogP contribution < -0.4 is 0 Å². The minimum absolute atomic E-state index is 0.175. The third kappa shape index (κ3) is 6.98. The van der Waals surface area contributed by atoms with E-state index in [0.29, 0.717) is 6.42 Å². The minimum Gasteiger partial charge on any atom is -0.256 e. The second-order valence-electron chi connectivity index (χ2n) is 17.2. The first-order chi connectivity index (χ1) is 29.0. The zero-order valence-electron chi connectivity index (χ0n) is 36.0. The van der Waals surface area contributed by atoms with Crippen molar-refractivity contribution in [3.05, 3.63) is 175 Å². The molecule has 278 valence electrons. The molecule has 4 unspecified atom stereocenters. The molecule has 3 heterocycles. The fourth-order valence-electron chi connectivity index (χ4n) is 11.2. The molecule has 4 saturated carbocycles. The van der Waals surface area contributed by atoms with Crippen molar-refractivity contribution >= 4 is 10.8 Å². The maximum absolute atomic E-state index is 10.2. The van der Waals surface area contributed by atoms with Crippen LogP contribution in [0.3, 0.4) is 0 Å². The highest BCUT2D eigenvalue weighted by Crippen LogP contribution is 2.73. The number of benzene rings is 4. The Morgan fingerprint density at radius 1 is 0.464 bits per heavy atom. The largest absolute Gasteiger partial charge is 0.256 e. The van der Waals surface area contributed by atoms with Crippen molar-refractivity contribution in [3.63, 3.8) is 0 Å². The molecule has 3 nitrogen and oxygen atoms in total. The van der Waals surface area contributed by atoms with E-state index in [0.717, 1.165) is 101 Å². The first kappa shape index (κ1) is 30.8. The number of hydrogen-bond acceptors (Lipinski definition) is 3. The Hall–Kier alpha value is -5.41. The van der Waals surface area contributed by atoms with Crippen LogP contribution in [0.5, 0.6) is 0 Å². The highest BCUT2D eigenvalue weighted by Gasteiger charge is 2.62. The van der Waals surface area contributed by atoms with Crippen LogP contribution in [-0.4, -0.2) is 15.0 Å². The van der Waals surface area contributed by atoms with Crippen LogP contribution in [0.4, 0.5) is 0 Å². The SMILES string of the molecule is [2H]C([2H])(Cc1ccc(-c2ccccc2)nc1)C12CC3CC(CCc4ccc(-c5ccccc5)nc4)(C1)CC(C([2H])([2H])Cc1cnc(-c4ccccc4)c4ccccc14)(C3)C2. The second kappa shape index (κ2) is 14.6. The van der Waals surface area contributed by atoms with E-state index in [1.807, 2.05) is 110 Å². The summed E-state index contributed by atoms with van der Waals surface area (Å²) in [5, 5.41) is 2.07. The number of hydrogen-bond donors (Lipinski definition) is 0. The molecule has 3 heteroatoms. The summed E-state index contributed by atoms with van der Waals surface area (Å²) in [5.41, 5.74) is 7.42. The van der Waals surface area contributed by atoms with Gasteiger partial charge < -0.3 is 0 Å². The molecule has 4 fully saturated rings. The third-order valence-electron chi connectivity index (χ3n) is 13.2. The topological polar surface area (TPSA) is 38.7 Å². The molecule has 3 aromatic heterocycles. The van der Waals surface area contributed by atoms with Crippen molar-refractivity contribution in [2.45, 2.75) is 77.0 Å². The number of aromatic nitrogens is 3. The summed E-state index contributed by atoms with van der Waals surface area (Å²) in [5.74, 6) is 0.263. The van der Waals surface area contributed by atoms with Crippen molar-refractivity contribution in [3.8, 4) is 33.8 Å². The number of rotatable bonds is 12. The van der Waals surface area contributed by atoms with E-state index in [1.165, 1.54) is 5.56 Å². The molecule has 56 heavy (non-hydrogen) atoms. The zero-order chi connectivity index (χ0) is 41.0. The van der Waals surface area contributed by atoms with Crippen LogP contribution in [0.2, 0.25) is 0 Å². The lowest BCUT2D eigenvalue weighted by Crippen LogP contribution is -2.57. The van der Waals surface area contributed by atoms with E-state index in [2.05, 4.69) is 48.5 Å². The normalized spacial score (nSPS) is 25.3. The van der Waals surface area contributed by atoms with Gasteiger partial charge in [-0.15, -0.1) is 0 Å². The Kier molecular flexibility index (Phi) is 8.01. The molecule has 0 aliphatic heterocycles. The second-order valence-corrected chi connectivity index (χ2v) is 17.2. The first-order valence-electron chi connectivity index (χ1n) is 22.5. The number of pyridine rings is 3. The van der Waals surface area contributed by atoms with Crippen LogP contribution in [-0.2, 0) is 19.3 Å². The van der Waals surface area contributed by atoms with Gasteiger partial charge in [-0.25, -0.2) is 0 Å². The predicted octanol–water partition coefficient (Wildman–Crippen LogP) is 13.2. The van der Waals surface area contributed by atoms with Gasteiger partial charge in [-0.2, -0.15) is 0 Å². The molecule has 7 aromatic rings. The van der Waals surface area contributed by atoms with Gasteiger partial charge in [0, 0.05) is 46.2 Å². The van der Waals surface area contributed by atoms with E-state index in [-0.39, 0.29) is 24.2 Å². The van der Waals surface area contributed by atoms with E-state index < -0.39 is 23.6 Å². The molecule has 4 aliphatic carbocycles. The summed E-state index contributed by atoms with van der Waals surface area (Å²) < 4.78 is 40.6. The van der Waals surface area contributed by atoms with Gasteiger partial charge in [-0.05, 0) is 133 Å². The molecule has 4 bridgehead atoms. The Labute approximate surface area is 337 Å². The summed E-state index contributed by atoms with van der Waals surface area (Å²) >= 11 is 0. The van der Waals surface area contributed by atoms with Gasteiger partial charge in [-0.1, -0.05) is 127 Å². The van der Waals surface area contributed by atoms with E-state index in [4.69, 9.17) is 15.0 Å². The summed E-state index contributed by atoms with van der Waals surface area (Å²) in [6.45, 7) is 0. The molecule has 4 atom stereocenters. The van der Waals surface area contributed by atoms with Gasteiger partial charge >= 0.3 is 0 Å². The van der Waals surface area contributed by atoms with E-state index >= 15 is 0 Å². The third-order valence-corrected chi connectivity index (χ3v) is 13.2. The Morgan fingerprint density at radius 2 is 0.964 bits per heavy atom. The Morgan fingerprint density at radius 3 is 1.55 bits per heavy atom. The molecule has 4 aliphatic rings. The van der Waals surface area contributed by atoms with Gasteiger partial charge in [0.05, 0.1) is 17.1 Å². The molecule has 0 N–H and O–H groups in total. The van der Waals surface area contributed by atoms with Crippen LogP contribution in [0.15, 0.2) is 158 Å². The number of aryl methyl sites for hydroxylation is 3. The standard InChI is InChI=1S/C53H51N3/c1-4-12-42(13-5-1)48-22-20-39(33-54-48)24-27-51-30-41-31-52(36-51,28-25-40-21-23-49(55-34-40)43-14-6-2-7-15-43)38-53(32-41,37-51)29-26-45-35-56-50(44-16-8-3-9-17-44)47-19-11-10-18-46(45)47/h1-23,33-35,41H,24-32,36-38H2/i27D2,29D2. The van der Waals surface area contributed by atoms with Crippen molar-refractivity contribution in [2.75, 3.05) is 0 Å². The molecule has 0 amide bonds. The molecule has 0 saturated heterocycles. The average molecular weight is 734 g/mol. The average Bonchev–Trinajstić information content (AvgIpc) is 3.26. The maximum Gasteiger partial charge on any atom is 0.0780 e. The van der Waals surface area contributed by atoms with E-state index in [1.54, 1.807) is 0 Å². The lowest BCUT2D eigenvalue weighted by Gasteiger charge is -2.67. The van der Waals surface area contributed by atoms with Crippen molar-refractivity contribution in [2.24, 2.45) is 22.2 Å². The van der Waals surface area contributed by atoms with Gasteiger partial charge in [0.1, 0.15) is 0 Å². The predicted molar refractivity (Wildman–Crippen MR) is 230 cm³/mol. The minimum atomic E-state index is -1.59. The highest BCUT2D eigenvalue weighted by molar-refractivity contribution is 5.96. The fourth-order valence-corrected chi connectivity index (χ4v) is 11.2. The first-order valence-corrected chi connectivity index (χ1v) is 20.5. The molecule has 11 rings (SSSR count). The quantitative estimate of drug-likeness (QED) is 0.125. The van der Waals surface area contributed by atoms with Gasteiger partial charge in [-0.3, -0.25) is 15.0 Å². The van der Waals surface area contributed by atoms with Crippen LogP contribution >= 0.6 is 0 Å². The maximum atomic E-state index is 10.2. The number of fused-ring (bicyclic) bond motifs is 1. The van der Waals surface area contributed by atoms with Crippen LogP contribution in [0.25, 0.3) is 44.5 Å². The summed E-state index contributed by atoms with van der Waals surface area (Å²) in [4.78, 5) is 14.6. The molecular formula is C53H51N3. The molecule has 0 radical (unpaired) electrons. The summed E-state index contributed by atoms with van der Waals surface area (Å²) in [7, 11) is 0. The molecule has 4 aromatic carbocycles. The summed E-state index contributed by atoms with van der Waals surface area (Å²) in [6.07, 6.45) is 9.61.